The summed E-state index contributed by atoms with van der Waals surface area (Å²) in [6.07, 6.45) is 4.03. The molecule has 1 N–H and O–H groups in total. The van der Waals surface area contributed by atoms with Crippen molar-refractivity contribution in [2.24, 2.45) is 0 Å². The van der Waals surface area contributed by atoms with Crippen LogP contribution in [0.5, 0.6) is 0 Å². The highest BCUT2D eigenvalue weighted by Gasteiger charge is 2.01. The summed E-state index contributed by atoms with van der Waals surface area (Å²) >= 11 is 0. The molecule has 0 aliphatic heterocycles. The Morgan fingerprint density at radius 2 is 2.40 bits per heavy atom. The van der Waals surface area contributed by atoms with Gasteiger partial charge in [-0.15, -0.1) is 6.58 Å². The molecule has 15 heavy (non-hydrogen) atoms. The number of nitrogens with one attached hydrogen (secondary N) is 1. The summed E-state index contributed by atoms with van der Waals surface area (Å²) in [4.78, 5) is 0. The summed E-state index contributed by atoms with van der Waals surface area (Å²) in [6.45, 7) is 11.0. The molecule has 3 heteroatoms. The number of allylic oxidation sites excluding steroid dienone is 1. The van der Waals surface area contributed by atoms with E-state index in [1.807, 2.05) is 6.20 Å². The van der Waals surface area contributed by atoms with Gasteiger partial charge in [-0.25, -0.2) is 0 Å². The van der Waals surface area contributed by atoms with Crippen molar-refractivity contribution < 1.29 is 0 Å². The molecule has 1 aromatic rings. The van der Waals surface area contributed by atoms with E-state index in [1.54, 1.807) is 0 Å². The molecule has 84 valence electrons. The molecule has 0 aliphatic carbocycles. The van der Waals surface area contributed by atoms with Gasteiger partial charge < -0.3 is 5.32 Å². The fraction of sp³-hybridized carbons (Fsp3) is 0.583. The van der Waals surface area contributed by atoms with Gasteiger partial charge in [-0.1, -0.05) is 12.5 Å². The number of nitrogens with zero attached hydrogens (tertiary/aromatic N) is 2. The number of aromatic nitrogens is 2. The summed E-state index contributed by atoms with van der Waals surface area (Å²) in [7, 11) is 0. The fourth-order valence-electron chi connectivity index (χ4n) is 1.40. The van der Waals surface area contributed by atoms with E-state index < -0.39 is 0 Å². The zero-order valence-corrected chi connectivity index (χ0v) is 9.79. The van der Waals surface area contributed by atoms with Crippen molar-refractivity contribution >= 4 is 0 Å². The Balaban J connectivity index is 2.42. The first-order valence-electron chi connectivity index (χ1n) is 5.59. The molecule has 0 saturated heterocycles. The van der Waals surface area contributed by atoms with Crippen LogP contribution in [0.2, 0.25) is 0 Å². The van der Waals surface area contributed by atoms with E-state index in [0.717, 1.165) is 26.1 Å². The SMILES string of the molecule is C=C(C)CCn1nccc1CNCCC. The summed E-state index contributed by atoms with van der Waals surface area (Å²) in [5, 5.41) is 7.68. The van der Waals surface area contributed by atoms with E-state index in [-0.39, 0.29) is 0 Å². The average molecular weight is 207 g/mol. The Labute approximate surface area is 92.2 Å². The molecule has 0 spiro atoms. The van der Waals surface area contributed by atoms with E-state index in [4.69, 9.17) is 0 Å². The molecule has 0 bridgehead atoms. The first-order chi connectivity index (χ1) is 7.24. The third kappa shape index (κ3) is 4.30. The largest absolute Gasteiger partial charge is 0.311 e. The zero-order valence-electron chi connectivity index (χ0n) is 9.79. The van der Waals surface area contributed by atoms with E-state index in [9.17, 15) is 0 Å². The summed E-state index contributed by atoms with van der Waals surface area (Å²) in [5.74, 6) is 0. The van der Waals surface area contributed by atoms with Crippen molar-refractivity contribution in [3.63, 3.8) is 0 Å². The molecule has 0 amide bonds. The quantitative estimate of drug-likeness (QED) is 0.549. The molecule has 0 saturated carbocycles. The topological polar surface area (TPSA) is 29.9 Å². The summed E-state index contributed by atoms with van der Waals surface area (Å²) in [6, 6.07) is 2.07. The van der Waals surface area contributed by atoms with Gasteiger partial charge in [0, 0.05) is 19.3 Å². The van der Waals surface area contributed by atoms with Crippen LogP contribution in [-0.4, -0.2) is 16.3 Å². The lowest BCUT2D eigenvalue weighted by atomic mass is 10.2. The van der Waals surface area contributed by atoms with Crippen molar-refractivity contribution in [1.29, 1.82) is 0 Å². The monoisotopic (exact) mass is 207 g/mol. The second-order valence-electron chi connectivity index (χ2n) is 3.93. The number of hydrogen-bond acceptors (Lipinski definition) is 2. The van der Waals surface area contributed by atoms with Crippen molar-refractivity contribution in [3.8, 4) is 0 Å². The predicted octanol–water partition coefficient (Wildman–Crippen LogP) is 2.35. The first kappa shape index (κ1) is 12.0. The van der Waals surface area contributed by atoms with Crippen molar-refractivity contribution in [3.05, 3.63) is 30.1 Å². The fourth-order valence-corrected chi connectivity index (χ4v) is 1.40. The van der Waals surface area contributed by atoms with Crippen LogP contribution in [0.4, 0.5) is 0 Å². The Morgan fingerprint density at radius 1 is 1.60 bits per heavy atom. The maximum absolute atomic E-state index is 4.30. The number of hydrogen-bond donors (Lipinski definition) is 1. The van der Waals surface area contributed by atoms with Gasteiger partial charge in [0.25, 0.3) is 0 Å². The molecular formula is C12H21N3. The molecule has 1 rings (SSSR count). The van der Waals surface area contributed by atoms with Crippen molar-refractivity contribution in [2.75, 3.05) is 6.54 Å². The lowest BCUT2D eigenvalue weighted by Gasteiger charge is -2.08. The van der Waals surface area contributed by atoms with E-state index in [1.165, 1.54) is 17.7 Å². The van der Waals surface area contributed by atoms with Crippen LogP contribution in [0.25, 0.3) is 0 Å². The Hall–Kier alpha value is -1.09. The third-order valence-electron chi connectivity index (χ3n) is 2.29. The molecular weight excluding hydrogens is 186 g/mol. The van der Waals surface area contributed by atoms with E-state index in [0.29, 0.717) is 0 Å². The Bertz CT molecular complexity index is 302. The second-order valence-corrected chi connectivity index (χ2v) is 3.93. The van der Waals surface area contributed by atoms with Crippen molar-refractivity contribution in [1.82, 2.24) is 15.1 Å². The van der Waals surface area contributed by atoms with Gasteiger partial charge in [0.15, 0.2) is 0 Å². The second kappa shape index (κ2) is 6.40. The lowest BCUT2D eigenvalue weighted by molar-refractivity contribution is 0.555. The van der Waals surface area contributed by atoms with Gasteiger partial charge in [-0.3, -0.25) is 4.68 Å². The molecule has 3 nitrogen and oxygen atoms in total. The minimum absolute atomic E-state index is 0.907. The molecule has 0 aliphatic rings. The highest BCUT2D eigenvalue weighted by molar-refractivity contribution is 5.01. The maximum Gasteiger partial charge on any atom is 0.0522 e. The third-order valence-corrected chi connectivity index (χ3v) is 2.29. The van der Waals surface area contributed by atoms with Gasteiger partial charge in [0.1, 0.15) is 0 Å². The summed E-state index contributed by atoms with van der Waals surface area (Å²) in [5.41, 5.74) is 2.46. The average Bonchev–Trinajstić information content (AvgIpc) is 2.63. The predicted molar refractivity (Wildman–Crippen MR) is 63.7 cm³/mol. The van der Waals surface area contributed by atoms with Crippen LogP contribution in [0.3, 0.4) is 0 Å². The molecule has 0 aromatic carbocycles. The minimum Gasteiger partial charge on any atom is -0.311 e. The smallest absolute Gasteiger partial charge is 0.0522 e. The van der Waals surface area contributed by atoms with Crippen LogP contribution in [-0.2, 0) is 13.1 Å². The van der Waals surface area contributed by atoms with Crippen LogP contribution in [0, 0.1) is 0 Å². The van der Waals surface area contributed by atoms with Gasteiger partial charge in [0.2, 0.25) is 0 Å². The molecule has 0 unspecified atom stereocenters. The Morgan fingerprint density at radius 3 is 3.07 bits per heavy atom. The zero-order chi connectivity index (χ0) is 11.1. The normalized spacial score (nSPS) is 10.5. The van der Waals surface area contributed by atoms with Crippen LogP contribution >= 0.6 is 0 Å². The van der Waals surface area contributed by atoms with Crippen LogP contribution < -0.4 is 5.32 Å². The first-order valence-corrected chi connectivity index (χ1v) is 5.59. The minimum atomic E-state index is 0.907. The van der Waals surface area contributed by atoms with Crippen molar-refractivity contribution in [2.45, 2.75) is 39.8 Å². The molecule has 1 aromatic heterocycles. The Kier molecular flexibility index (Phi) is 5.12. The molecule has 0 radical (unpaired) electrons. The van der Waals surface area contributed by atoms with Gasteiger partial charge >= 0.3 is 0 Å². The highest BCUT2D eigenvalue weighted by Crippen LogP contribution is 2.03. The number of aryl methyl sites for hydroxylation is 1. The molecule has 0 atom stereocenters. The maximum atomic E-state index is 4.30. The lowest BCUT2D eigenvalue weighted by Crippen LogP contribution is -2.17. The van der Waals surface area contributed by atoms with E-state index in [2.05, 4.69) is 41.6 Å². The van der Waals surface area contributed by atoms with Gasteiger partial charge in [0.05, 0.1) is 5.69 Å². The molecule has 1 heterocycles. The summed E-state index contributed by atoms with van der Waals surface area (Å²) < 4.78 is 2.05. The number of rotatable bonds is 7. The standard InChI is InChI=1S/C12H21N3/c1-4-7-13-10-12-5-8-14-15(12)9-6-11(2)3/h5,8,13H,2,4,6-7,9-10H2,1,3H3. The molecule has 0 fully saturated rings. The highest BCUT2D eigenvalue weighted by atomic mass is 15.3. The van der Waals surface area contributed by atoms with Gasteiger partial charge in [-0.05, 0) is 32.4 Å². The van der Waals surface area contributed by atoms with Crippen LogP contribution in [0.15, 0.2) is 24.4 Å². The van der Waals surface area contributed by atoms with Gasteiger partial charge in [-0.2, -0.15) is 5.10 Å². The van der Waals surface area contributed by atoms with Crippen LogP contribution in [0.1, 0.15) is 32.4 Å². The van der Waals surface area contributed by atoms with E-state index >= 15 is 0 Å².